The average Bonchev–Trinajstić information content (AvgIpc) is 2.98. The number of aryl methyl sites for hydroxylation is 1. The highest BCUT2D eigenvalue weighted by molar-refractivity contribution is 8.00. The summed E-state index contributed by atoms with van der Waals surface area (Å²) in [5.74, 6) is 1.01. The summed E-state index contributed by atoms with van der Waals surface area (Å²) < 4.78 is 28.3. The van der Waals surface area contributed by atoms with Gasteiger partial charge in [-0.15, -0.1) is 0 Å². The molecule has 21 heavy (non-hydrogen) atoms. The highest BCUT2D eigenvalue weighted by Crippen LogP contribution is 2.31. The third-order valence-electron chi connectivity index (χ3n) is 3.71. The van der Waals surface area contributed by atoms with Crippen molar-refractivity contribution in [2.24, 2.45) is 0 Å². The van der Waals surface area contributed by atoms with Gasteiger partial charge in [-0.2, -0.15) is 16.9 Å². The van der Waals surface area contributed by atoms with Crippen molar-refractivity contribution in [2.45, 2.75) is 55.8 Å². The van der Waals surface area contributed by atoms with E-state index in [0.717, 1.165) is 25.0 Å². The van der Waals surface area contributed by atoms with E-state index in [1.54, 1.807) is 14.0 Å². The van der Waals surface area contributed by atoms with Crippen molar-refractivity contribution in [2.75, 3.05) is 12.8 Å². The fraction of sp³-hybridized carbons (Fsp3) is 0.769. The SMILES string of the molecule is CCSC1CCCC1NS(=O)(=O)c1c(CNC)n[nH]c1C. The molecule has 0 aromatic carbocycles. The fourth-order valence-electron chi connectivity index (χ4n) is 2.85. The number of rotatable bonds is 7. The van der Waals surface area contributed by atoms with Crippen LogP contribution in [0.25, 0.3) is 0 Å². The average molecular weight is 332 g/mol. The highest BCUT2D eigenvalue weighted by atomic mass is 32.2. The highest BCUT2D eigenvalue weighted by Gasteiger charge is 2.33. The van der Waals surface area contributed by atoms with Crippen LogP contribution in [0.5, 0.6) is 0 Å². The van der Waals surface area contributed by atoms with Gasteiger partial charge in [-0.05, 0) is 32.6 Å². The largest absolute Gasteiger partial charge is 0.314 e. The third kappa shape index (κ3) is 3.80. The van der Waals surface area contributed by atoms with Crippen LogP contribution in [-0.4, -0.2) is 42.7 Å². The fourth-order valence-corrected chi connectivity index (χ4v) is 5.81. The van der Waals surface area contributed by atoms with Crippen LogP contribution in [-0.2, 0) is 16.6 Å². The first-order chi connectivity index (χ1) is 9.99. The Kier molecular flexibility index (Phi) is 5.70. The van der Waals surface area contributed by atoms with Gasteiger partial charge in [0.25, 0.3) is 0 Å². The van der Waals surface area contributed by atoms with Crippen molar-refractivity contribution in [1.29, 1.82) is 0 Å². The molecule has 0 amide bonds. The molecule has 2 atom stereocenters. The first-order valence-electron chi connectivity index (χ1n) is 7.32. The minimum Gasteiger partial charge on any atom is -0.314 e. The molecule has 0 aliphatic heterocycles. The molecule has 1 aliphatic carbocycles. The first-order valence-corrected chi connectivity index (χ1v) is 9.85. The smallest absolute Gasteiger partial charge is 0.244 e. The number of thioether (sulfide) groups is 1. The van der Waals surface area contributed by atoms with Gasteiger partial charge < -0.3 is 5.32 Å². The molecule has 0 bridgehead atoms. The molecule has 1 aromatic heterocycles. The van der Waals surface area contributed by atoms with Crippen LogP contribution >= 0.6 is 11.8 Å². The zero-order valence-corrected chi connectivity index (χ0v) is 14.4. The second-order valence-electron chi connectivity index (χ2n) is 5.31. The Morgan fingerprint density at radius 2 is 2.19 bits per heavy atom. The van der Waals surface area contributed by atoms with Crippen LogP contribution in [0.2, 0.25) is 0 Å². The van der Waals surface area contributed by atoms with E-state index in [1.165, 1.54) is 0 Å². The maximum Gasteiger partial charge on any atom is 0.244 e. The summed E-state index contributed by atoms with van der Waals surface area (Å²) in [4.78, 5) is 0.295. The lowest BCUT2D eigenvalue weighted by Crippen LogP contribution is -2.39. The molecule has 1 heterocycles. The molecule has 120 valence electrons. The van der Waals surface area contributed by atoms with E-state index in [4.69, 9.17) is 0 Å². The van der Waals surface area contributed by atoms with E-state index >= 15 is 0 Å². The van der Waals surface area contributed by atoms with Crippen LogP contribution < -0.4 is 10.0 Å². The number of hydrogen-bond donors (Lipinski definition) is 3. The molecule has 2 rings (SSSR count). The minimum absolute atomic E-state index is 0.0247. The molecule has 3 N–H and O–H groups in total. The molecule has 1 aliphatic rings. The number of H-pyrrole nitrogens is 1. The maximum absolute atomic E-state index is 12.7. The monoisotopic (exact) mass is 332 g/mol. The van der Waals surface area contributed by atoms with Crippen molar-refractivity contribution in [3.05, 3.63) is 11.4 Å². The predicted molar refractivity (Wildman–Crippen MR) is 86.0 cm³/mol. The van der Waals surface area contributed by atoms with Gasteiger partial charge in [0, 0.05) is 17.8 Å². The van der Waals surface area contributed by atoms with Gasteiger partial charge in [0.15, 0.2) is 0 Å². The van der Waals surface area contributed by atoms with Crippen molar-refractivity contribution in [3.63, 3.8) is 0 Å². The molecular formula is C13H24N4O2S2. The van der Waals surface area contributed by atoms with E-state index in [9.17, 15) is 8.42 Å². The van der Waals surface area contributed by atoms with Gasteiger partial charge in [-0.1, -0.05) is 13.3 Å². The van der Waals surface area contributed by atoms with E-state index in [1.807, 2.05) is 11.8 Å². The number of hydrogen-bond acceptors (Lipinski definition) is 5. The molecule has 1 aromatic rings. The Bertz CT molecular complexity index is 571. The number of aromatic amines is 1. The second kappa shape index (κ2) is 7.13. The Morgan fingerprint density at radius 3 is 2.86 bits per heavy atom. The predicted octanol–water partition coefficient (Wildman–Crippen LogP) is 1.39. The molecule has 0 radical (unpaired) electrons. The first kappa shape index (κ1) is 16.8. The van der Waals surface area contributed by atoms with Gasteiger partial charge in [-0.25, -0.2) is 13.1 Å². The van der Waals surface area contributed by atoms with Gasteiger partial charge in [0.1, 0.15) is 4.90 Å². The molecular weight excluding hydrogens is 308 g/mol. The van der Waals surface area contributed by atoms with Gasteiger partial charge in [0.2, 0.25) is 10.0 Å². The zero-order chi connectivity index (χ0) is 15.5. The summed E-state index contributed by atoms with van der Waals surface area (Å²) in [7, 11) is -1.76. The number of nitrogens with zero attached hydrogens (tertiary/aromatic N) is 1. The number of aromatic nitrogens is 2. The van der Waals surface area contributed by atoms with Crippen molar-refractivity contribution < 1.29 is 8.42 Å². The van der Waals surface area contributed by atoms with E-state index in [2.05, 4.69) is 27.2 Å². The zero-order valence-electron chi connectivity index (χ0n) is 12.8. The summed E-state index contributed by atoms with van der Waals surface area (Å²) in [6.07, 6.45) is 3.08. The van der Waals surface area contributed by atoms with Crippen molar-refractivity contribution >= 4 is 21.8 Å². The van der Waals surface area contributed by atoms with Crippen LogP contribution in [0.3, 0.4) is 0 Å². The molecule has 8 heteroatoms. The Balaban J connectivity index is 2.20. The van der Waals surface area contributed by atoms with Crippen LogP contribution in [0.1, 0.15) is 37.6 Å². The third-order valence-corrected chi connectivity index (χ3v) is 6.73. The van der Waals surface area contributed by atoms with E-state index < -0.39 is 10.0 Å². The summed E-state index contributed by atoms with van der Waals surface area (Å²) in [6.45, 7) is 4.28. The van der Waals surface area contributed by atoms with Crippen LogP contribution in [0, 0.1) is 6.92 Å². The molecule has 1 fully saturated rings. The Morgan fingerprint density at radius 1 is 1.43 bits per heavy atom. The number of nitrogens with one attached hydrogen (secondary N) is 3. The minimum atomic E-state index is -3.53. The summed E-state index contributed by atoms with van der Waals surface area (Å²) >= 11 is 1.84. The van der Waals surface area contributed by atoms with E-state index in [0.29, 0.717) is 28.1 Å². The Hall–Kier alpha value is -0.570. The molecule has 6 nitrogen and oxygen atoms in total. The summed E-state index contributed by atoms with van der Waals surface area (Å²) in [6, 6.07) is 0.0247. The number of sulfonamides is 1. The summed E-state index contributed by atoms with van der Waals surface area (Å²) in [5.41, 5.74) is 1.13. The maximum atomic E-state index is 12.7. The normalized spacial score (nSPS) is 22.8. The van der Waals surface area contributed by atoms with E-state index in [-0.39, 0.29) is 6.04 Å². The topological polar surface area (TPSA) is 86.9 Å². The summed E-state index contributed by atoms with van der Waals surface area (Å²) in [5, 5.41) is 10.2. The quantitative estimate of drug-likeness (QED) is 0.702. The standard InChI is InChI=1S/C13H24N4O2S2/c1-4-20-12-7-5-6-10(12)17-21(18,19)13-9(2)15-16-11(13)8-14-3/h10,12,14,17H,4-8H2,1-3H3,(H,15,16). The van der Waals surface area contributed by atoms with Crippen molar-refractivity contribution in [3.8, 4) is 0 Å². The lowest BCUT2D eigenvalue weighted by molar-refractivity contribution is 0.553. The van der Waals surface area contributed by atoms with Gasteiger partial charge in [0.05, 0.1) is 11.4 Å². The lowest BCUT2D eigenvalue weighted by Gasteiger charge is -2.20. The Labute approximate surface area is 130 Å². The van der Waals surface area contributed by atoms with Crippen LogP contribution in [0.4, 0.5) is 0 Å². The molecule has 2 unspecified atom stereocenters. The van der Waals surface area contributed by atoms with Gasteiger partial charge >= 0.3 is 0 Å². The lowest BCUT2D eigenvalue weighted by atomic mass is 10.3. The molecule has 1 saturated carbocycles. The van der Waals surface area contributed by atoms with Crippen molar-refractivity contribution in [1.82, 2.24) is 20.2 Å². The molecule has 0 spiro atoms. The second-order valence-corrected chi connectivity index (χ2v) is 8.47. The van der Waals surface area contributed by atoms with Crippen LogP contribution in [0.15, 0.2) is 4.90 Å². The van der Waals surface area contributed by atoms with Gasteiger partial charge in [-0.3, -0.25) is 5.10 Å². The molecule has 0 saturated heterocycles.